The van der Waals surface area contributed by atoms with Crippen molar-refractivity contribution in [1.29, 1.82) is 0 Å². The molecule has 2 aromatic heterocycles. The Hall–Kier alpha value is -2.93. The fourth-order valence-corrected chi connectivity index (χ4v) is 4.37. The number of hydrogen-bond donors (Lipinski definition) is 1. The predicted molar refractivity (Wildman–Crippen MR) is 113 cm³/mol. The summed E-state index contributed by atoms with van der Waals surface area (Å²) in [5.41, 5.74) is 2.63. The number of rotatable bonds is 6. The van der Waals surface area contributed by atoms with E-state index in [9.17, 15) is 4.79 Å². The maximum absolute atomic E-state index is 12.8. The van der Waals surface area contributed by atoms with Crippen LogP contribution in [0.1, 0.15) is 45.8 Å². The van der Waals surface area contributed by atoms with Gasteiger partial charge >= 0.3 is 0 Å². The Morgan fingerprint density at radius 2 is 1.93 bits per heavy atom. The molecule has 6 nitrogen and oxygen atoms in total. The van der Waals surface area contributed by atoms with E-state index in [-0.39, 0.29) is 5.91 Å². The van der Waals surface area contributed by atoms with E-state index in [1.165, 1.54) is 24.1 Å². The van der Waals surface area contributed by atoms with Gasteiger partial charge in [0.1, 0.15) is 6.61 Å². The second-order valence-corrected chi connectivity index (χ2v) is 8.00. The van der Waals surface area contributed by atoms with Crippen molar-refractivity contribution in [3.8, 4) is 11.5 Å². The fraction of sp³-hybridized carbons (Fsp3) is 0.318. The smallest absolute Gasteiger partial charge is 0.257 e. The fourth-order valence-electron chi connectivity index (χ4n) is 3.32. The minimum atomic E-state index is -0.203. The number of carbonyl (C=O) groups excluding carboxylic acids is 1. The Kier molecular flexibility index (Phi) is 6.05. The van der Waals surface area contributed by atoms with E-state index in [4.69, 9.17) is 9.47 Å². The Morgan fingerprint density at radius 3 is 2.76 bits per heavy atom. The maximum Gasteiger partial charge on any atom is 0.257 e. The van der Waals surface area contributed by atoms with Crippen molar-refractivity contribution in [3.63, 3.8) is 0 Å². The Morgan fingerprint density at radius 1 is 1.10 bits per heavy atom. The average Bonchev–Trinajstić information content (AvgIpc) is 3.00. The van der Waals surface area contributed by atoms with Gasteiger partial charge in [0.05, 0.1) is 12.8 Å². The molecule has 1 aromatic carbocycles. The van der Waals surface area contributed by atoms with E-state index in [1.807, 2.05) is 12.1 Å². The van der Waals surface area contributed by atoms with Gasteiger partial charge in [-0.1, -0.05) is 6.42 Å². The molecule has 0 saturated carbocycles. The Balaban J connectivity index is 1.48. The minimum Gasteiger partial charge on any atom is -0.493 e. The molecule has 1 amide bonds. The minimum absolute atomic E-state index is 0.203. The molecule has 0 unspecified atom stereocenters. The van der Waals surface area contributed by atoms with Crippen molar-refractivity contribution < 1.29 is 14.3 Å². The third kappa shape index (κ3) is 4.74. The van der Waals surface area contributed by atoms with Gasteiger partial charge in [-0.25, -0.2) is 4.98 Å². The molecule has 2 heterocycles. The largest absolute Gasteiger partial charge is 0.493 e. The maximum atomic E-state index is 12.8. The van der Waals surface area contributed by atoms with Crippen LogP contribution in [0.5, 0.6) is 11.5 Å². The number of pyridine rings is 1. The molecule has 0 fully saturated rings. The lowest BCUT2D eigenvalue weighted by Gasteiger charge is -2.12. The van der Waals surface area contributed by atoms with Crippen LogP contribution >= 0.6 is 11.3 Å². The van der Waals surface area contributed by atoms with Gasteiger partial charge < -0.3 is 9.47 Å². The third-order valence-corrected chi connectivity index (χ3v) is 5.96. The van der Waals surface area contributed by atoms with Crippen molar-refractivity contribution in [2.45, 2.75) is 38.7 Å². The van der Waals surface area contributed by atoms with Crippen LogP contribution < -0.4 is 14.8 Å². The van der Waals surface area contributed by atoms with Gasteiger partial charge in [0.2, 0.25) is 0 Å². The predicted octanol–water partition coefficient (Wildman–Crippen LogP) is 4.65. The molecule has 150 valence electrons. The number of nitrogens with zero attached hydrogens (tertiary/aromatic N) is 2. The highest BCUT2D eigenvalue weighted by molar-refractivity contribution is 7.15. The quantitative estimate of drug-likeness (QED) is 0.600. The average molecular weight is 410 g/mol. The van der Waals surface area contributed by atoms with Gasteiger partial charge in [-0.15, -0.1) is 11.3 Å². The van der Waals surface area contributed by atoms with Gasteiger partial charge in [0, 0.05) is 22.8 Å². The SMILES string of the molecule is COc1ccc(C(=O)Nc2nc3c(s2)CCCCC3)cc1OCc1ccncc1. The van der Waals surface area contributed by atoms with E-state index in [1.54, 1.807) is 49.0 Å². The molecule has 1 aliphatic carbocycles. The molecule has 0 aliphatic heterocycles. The van der Waals surface area contributed by atoms with Crippen molar-refractivity contribution >= 4 is 22.4 Å². The van der Waals surface area contributed by atoms with Crippen molar-refractivity contribution in [3.05, 3.63) is 64.4 Å². The van der Waals surface area contributed by atoms with Crippen LogP contribution in [-0.4, -0.2) is 23.0 Å². The van der Waals surface area contributed by atoms with Crippen LogP contribution in [-0.2, 0) is 19.4 Å². The van der Waals surface area contributed by atoms with E-state index in [2.05, 4.69) is 15.3 Å². The van der Waals surface area contributed by atoms with E-state index < -0.39 is 0 Å². The second-order valence-electron chi connectivity index (χ2n) is 6.91. The molecule has 0 atom stereocenters. The van der Waals surface area contributed by atoms with E-state index >= 15 is 0 Å². The summed E-state index contributed by atoms with van der Waals surface area (Å²) < 4.78 is 11.3. The lowest BCUT2D eigenvalue weighted by molar-refractivity contribution is 0.102. The van der Waals surface area contributed by atoms with Crippen molar-refractivity contribution in [2.75, 3.05) is 12.4 Å². The molecule has 7 heteroatoms. The number of nitrogens with one attached hydrogen (secondary N) is 1. The first kappa shape index (κ1) is 19.4. The number of thiazole rings is 1. The lowest BCUT2D eigenvalue weighted by atomic mass is 10.2. The number of carbonyl (C=O) groups is 1. The van der Waals surface area contributed by atoms with Gasteiger partial charge in [-0.2, -0.15) is 0 Å². The number of methoxy groups -OCH3 is 1. The zero-order valence-electron chi connectivity index (χ0n) is 16.3. The topological polar surface area (TPSA) is 73.3 Å². The summed E-state index contributed by atoms with van der Waals surface area (Å²) >= 11 is 1.59. The molecule has 29 heavy (non-hydrogen) atoms. The number of ether oxygens (including phenoxy) is 2. The number of anilines is 1. The second kappa shape index (κ2) is 9.05. The van der Waals surface area contributed by atoms with Gasteiger partial charge in [-0.3, -0.25) is 15.1 Å². The van der Waals surface area contributed by atoms with Crippen molar-refractivity contribution in [1.82, 2.24) is 9.97 Å². The summed E-state index contributed by atoms with van der Waals surface area (Å²) in [7, 11) is 1.58. The van der Waals surface area contributed by atoms with Crippen molar-refractivity contribution in [2.24, 2.45) is 0 Å². The van der Waals surface area contributed by atoms with Crippen LogP contribution in [0.25, 0.3) is 0 Å². The standard InChI is InChI=1S/C22H23N3O3S/c1-27-18-8-7-16(13-19(18)28-14-15-9-11-23-12-10-15)21(26)25-22-24-17-5-3-2-4-6-20(17)29-22/h7-13H,2-6,14H2,1H3,(H,24,25,26). The summed E-state index contributed by atoms with van der Waals surface area (Å²) in [5.74, 6) is 0.897. The number of amides is 1. The monoisotopic (exact) mass is 409 g/mol. The summed E-state index contributed by atoms with van der Waals surface area (Å²) in [5, 5.41) is 3.60. The highest BCUT2D eigenvalue weighted by atomic mass is 32.1. The number of hydrogen-bond acceptors (Lipinski definition) is 6. The first-order valence-corrected chi connectivity index (χ1v) is 10.5. The van der Waals surface area contributed by atoms with Gasteiger partial charge in [-0.05, 0) is 61.6 Å². The molecule has 4 rings (SSSR count). The van der Waals surface area contributed by atoms with Crippen LogP contribution in [0.3, 0.4) is 0 Å². The van der Waals surface area contributed by atoms with E-state index in [0.29, 0.717) is 28.8 Å². The molecular weight excluding hydrogens is 386 g/mol. The molecular formula is C22H23N3O3S. The first-order valence-electron chi connectivity index (χ1n) is 9.72. The van der Waals surface area contributed by atoms with Crippen LogP contribution in [0.2, 0.25) is 0 Å². The Labute approximate surface area is 173 Å². The van der Waals surface area contributed by atoms with Crippen LogP contribution in [0.15, 0.2) is 42.7 Å². The summed E-state index contributed by atoms with van der Waals surface area (Å²) in [6.07, 6.45) is 9.10. The molecule has 0 saturated heterocycles. The van der Waals surface area contributed by atoms with Crippen LogP contribution in [0.4, 0.5) is 5.13 Å². The summed E-state index contributed by atoms with van der Waals surface area (Å²) in [6.45, 7) is 0.364. The number of benzene rings is 1. The molecule has 0 spiro atoms. The van der Waals surface area contributed by atoms with Crippen LogP contribution in [0, 0.1) is 0 Å². The van der Waals surface area contributed by atoms with Gasteiger partial charge in [0.15, 0.2) is 16.6 Å². The summed E-state index contributed by atoms with van der Waals surface area (Å²) in [4.78, 5) is 22.7. The zero-order valence-corrected chi connectivity index (χ0v) is 17.1. The molecule has 0 bridgehead atoms. The number of aromatic nitrogens is 2. The molecule has 0 radical (unpaired) electrons. The normalized spacial score (nSPS) is 13.3. The number of aryl methyl sites for hydroxylation is 2. The van der Waals surface area contributed by atoms with Gasteiger partial charge in [0.25, 0.3) is 5.91 Å². The molecule has 1 aliphatic rings. The van der Waals surface area contributed by atoms with E-state index in [0.717, 1.165) is 24.1 Å². The molecule has 1 N–H and O–H groups in total. The zero-order chi connectivity index (χ0) is 20.1. The lowest BCUT2D eigenvalue weighted by Crippen LogP contribution is -2.12. The number of fused-ring (bicyclic) bond motifs is 1. The Bertz CT molecular complexity index is 965. The first-order chi connectivity index (χ1) is 14.2. The molecule has 3 aromatic rings. The third-order valence-electron chi connectivity index (χ3n) is 4.89. The summed E-state index contributed by atoms with van der Waals surface area (Å²) in [6, 6.07) is 8.94. The highest BCUT2D eigenvalue weighted by Gasteiger charge is 2.17. The highest BCUT2D eigenvalue weighted by Crippen LogP contribution is 2.31.